The first kappa shape index (κ1) is 19.0. The lowest BCUT2D eigenvalue weighted by Crippen LogP contribution is -2.45. The number of hydrogen-bond acceptors (Lipinski definition) is 5. The van der Waals surface area contributed by atoms with Crippen LogP contribution in [0.15, 0.2) is 48.5 Å². The summed E-state index contributed by atoms with van der Waals surface area (Å²) < 4.78 is 36.8. The molecule has 2 aromatic carbocycles. The predicted octanol–water partition coefficient (Wildman–Crippen LogP) is 1.72. The predicted molar refractivity (Wildman–Crippen MR) is 103 cm³/mol. The zero-order valence-electron chi connectivity index (χ0n) is 15.2. The molecule has 1 N–H and O–H groups in total. The molecule has 0 bridgehead atoms. The number of hydrogen-bond donors (Lipinski definition) is 1. The van der Waals surface area contributed by atoms with Crippen molar-refractivity contribution in [2.45, 2.75) is 13.0 Å². The van der Waals surface area contributed by atoms with E-state index in [-0.39, 0.29) is 19.2 Å². The molecule has 2 aromatic rings. The lowest BCUT2D eigenvalue weighted by molar-refractivity contribution is -0.120. The second-order valence-corrected chi connectivity index (χ2v) is 8.26. The zero-order chi connectivity index (χ0) is 19.4. The van der Waals surface area contributed by atoms with E-state index in [1.807, 2.05) is 24.3 Å². The fourth-order valence-electron chi connectivity index (χ4n) is 2.80. The molecule has 27 heavy (non-hydrogen) atoms. The Hall–Kier alpha value is -2.74. The van der Waals surface area contributed by atoms with Crippen molar-refractivity contribution in [3.8, 4) is 11.5 Å². The Morgan fingerprint density at radius 2 is 1.81 bits per heavy atom. The first-order valence-corrected chi connectivity index (χ1v) is 10.4. The number of para-hydroxylation sites is 3. The van der Waals surface area contributed by atoms with Crippen molar-refractivity contribution in [2.24, 2.45) is 0 Å². The van der Waals surface area contributed by atoms with Gasteiger partial charge < -0.3 is 14.8 Å². The van der Waals surface area contributed by atoms with Crippen LogP contribution in [0.5, 0.6) is 11.5 Å². The molecule has 0 aromatic heterocycles. The number of nitrogens with zero attached hydrogens (tertiary/aromatic N) is 1. The van der Waals surface area contributed by atoms with Crippen LogP contribution in [0.25, 0.3) is 0 Å². The van der Waals surface area contributed by atoms with E-state index in [0.29, 0.717) is 23.8 Å². The molecule has 1 atom stereocenters. The summed E-state index contributed by atoms with van der Waals surface area (Å²) in [5.41, 5.74) is 1.26. The largest absolute Gasteiger partial charge is 0.486 e. The molecule has 8 heteroatoms. The number of sulfonamides is 1. The molecular weight excluding hydrogens is 368 g/mol. The highest BCUT2D eigenvalue weighted by Gasteiger charge is 2.24. The van der Waals surface area contributed by atoms with Crippen LogP contribution in [0.2, 0.25) is 0 Å². The van der Waals surface area contributed by atoms with E-state index in [1.165, 1.54) is 0 Å². The van der Waals surface area contributed by atoms with Gasteiger partial charge in [0.15, 0.2) is 11.5 Å². The number of anilines is 1. The van der Waals surface area contributed by atoms with E-state index < -0.39 is 15.9 Å². The minimum Gasteiger partial charge on any atom is -0.486 e. The van der Waals surface area contributed by atoms with Crippen LogP contribution in [-0.4, -0.2) is 46.4 Å². The van der Waals surface area contributed by atoms with Crippen LogP contribution in [-0.2, 0) is 14.8 Å². The number of benzene rings is 2. The maximum atomic E-state index is 12.4. The Bertz CT molecular complexity index is 929. The van der Waals surface area contributed by atoms with Crippen LogP contribution in [0.4, 0.5) is 5.69 Å². The van der Waals surface area contributed by atoms with Crippen LogP contribution < -0.4 is 19.1 Å². The minimum absolute atomic E-state index is 0.221. The highest BCUT2D eigenvalue weighted by atomic mass is 32.2. The van der Waals surface area contributed by atoms with E-state index >= 15 is 0 Å². The number of fused-ring (bicyclic) bond motifs is 1. The monoisotopic (exact) mass is 390 g/mol. The normalized spacial score (nSPS) is 15.9. The first-order chi connectivity index (χ1) is 12.8. The van der Waals surface area contributed by atoms with Gasteiger partial charge in [0, 0.05) is 0 Å². The van der Waals surface area contributed by atoms with Gasteiger partial charge in [-0.2, -0.15) is 0 Å². The first-order valence-electron chi connectivity index (χ1n) is 8.53. The highest BCUT2D eigenvalue weighted by molar-refractivity contribution is 7.92. The van der Waals surface area contributed by atoms with E-state index in [2.05, 4.69) is 5.32 Å². The molecule has 0 saturated heterocycles. The number of carbonyl (C=O) groups is 1. The third-order valence-electron chi connectivity index (χ3n) is 4.17. The number of ether oxygens (including phenoxy) is 2. The van der Waals surface area contributed by atoms with Crippen molar-refractivity contribution in [1.29, 1.82) is 0 Å². The molecular formula is C19H22N2O5S. The van der Waals surface area contributed by atoms with Gasteiger partial charge in [-0.25, -0.2) is 8.42 Å². The third-order valence-corrected chi connectivity index (χ3v) is 5.29. The molecule has 1 amide bonds. The molecule has 0 aliphatic carbocycles. The van der Waals surface area contributed by atoms with E-state index in [9.17, 15) is 13.2 Å². The number of rotatable bonds is 6. The van der Waals surface area contributed by atoms with Crippen molar-refractivity contribution < 1.29 is 22.7 Å². The summed E-state index contributed by atoms with van der Waals surface area (Å²) in [6.07, 6.45) is 0.746. The van der Waals surface area contributed by atoms with Crippen LogP contribution in [0.3, 0.4) is 0 Å². The quantitative estimate of drug-likeness (QED) is 0.812. The van der Waals surface area contributed by atoms with E-state index in [4.69, 9.17) is 9.47 Å². The molecule has 3 rings (SSSR count). The second kappa shape index (κ2) is 7.87. The summed E-state index contributed by atoms with van der Waals surface area (Å²) in [5.74, 6) is 0.884. The van der Waals surface area contributed by atoms with Crippen LogP contribution in [0.1, 0.15) is 5.56 Å². The van der Waals surface area contributed by atoms with Crippen molar-refractivity contribution in [2.75, 3.05) is 30.3 Å². The molecule has 0 fully saturated rings. The molecule has 144 valence electrons. The number of amides is 1. The Balaban J connectivity index is 1.62. The maximum Gasteiger partial charge on any atom is 0.240 e. The number of nitrogens with one attached hydrogen (secondary N) is 1. The number of aryl methyl sites for hydroxylation is 1. The van der Waals surface area contributed by atoms with Gasteiger partial charge in [-0.1, -0.05) is 30.3 Å². The van der Waals surface area contributed by atoms with E-state index in [1.54, 1.807) is 31.2 Å². The summed E-state index contributed by atoms with van der Waals surface area (Å²) in [6, 6.07) is 14.4. The highest BCUT2D eigenvalue weighted by Crippen LogP contribution is 2.30. The maximum absolute atomic E-state index is 12.4. The Labute approximate surface area is 158 Å². The molecule has 0 spiro atoms. The van der Waals surface area contributed by atoms with Crippen LogP contribution >= 0.6 is 0 Å². The summed E-state index contributed by atoms with van der Waals surface area (Å²) in [4.78, 5) is 12.4. The smallest absolute Gasteiger partial charge is 0.240 e. The van der Waals surface area contributed by atoms with Gasteiger partial charge in [-0.3, -0.25) is 9.10 Å². The SMILES string of the molecule is Cc1ccccc1N(CC(=O)NC[C@@H]1COc2ccccc2O1)S(C)(=O)=O. The van der Waals surface area contributed by atoms with Crippen molar-refractivity contribution in [3.05, 3.63) is 54.1 Å². The molecule has 7 nitrogen and oxygen atoms in total. The lowest BCUT2D eigenvalue weighted by atomic mass is 10.2. The van der Waals surface area contributed by atoms with Gasteiger partial charge in [0.05, 0.1) is 18.5 Å². The van der Waals surface area contributed by atoms with Gasteiger partial charge in [-0.15, -0.1) is 0 Å². The summed E-state index contributed by atoms with van der Waals surface area (Å²) in [6.45, 7) is 2.04. The van der Waals surface area contributed by atoms with Crippen molar-refractivity contribution >= 4 is 21.6 Å². The molecule has 0 radical (unpaired) electrons. The second-order valence-electron chi connectivity index (χ2n) is 6.36. The van der Waals surface area contributed by atoms with Crippen molar-refractivity contribution in [1.82, 2.24) is 5.32 Å². The number of carbonyl (C=O) groups excluding carboxylic acids is 1. The molecule has 0 saturated carbocycles. The Kier molecular flexibility index (Phi) is 5.55. The molecule has 1 heterocycles. The third kappa shape index (κ3) is 4.71. The Morgan fingerprint density at radius 3 is 2.52 bits per heavy atom. The summed E-state index contributed by atoms with van der Waals surface area (Å²) in [5, 5.41) is 2.72. The standard InChI is InChI=1S/C19H22N2O5S/c1-14-7-3-4-8-16(14)21(27(2,23)24)12-19(22)20-11-15-13-25-17-9-5-6-10-18(17)26-15/h3-10,15H,11-13H2,1-2H3,(H,20,22)/t15-/m1/s1. The van der Waals surface area contributed by atoms with Gasteiger partial charge in [0.1, 0.15) is 19.3 Å². The topological polar surface area (TPSA) is 84.9 Å². The molecule has 1 aliphatic rings. The fourth-order valence-corrected chi connectivity index (χ4v) is 3.72. The van der Waals surface area contributed by atoms with Gasteiger partial charge in [0.25, 0.3) is 0 Å². The van der Waals surface area contributed by atoms with Crippen LogP contribution in [0, 0.1) is 6.92 Å². The average Bonchev–Trinajstić information content (AvgIpc) is 2.64. The lowest BCUT2D eigenvalue weighted by Gasteiger charge is -2.27. The summed E-state index contributed by atoms with van der Waals surface area (Å²) >= 11 is 0. The summed E-state index contributed by atoms with van der Waals surface area (Å²) in [7, 11) is -3.60. The van der Waals surface area contributed by atoms with Crippen molar-refractivity contribution in [3.63, 3.8) is 0 Å². The average molecular weight is 390 g/mol. The minimum atomic E-state index is -3.60. The Morgan fingerprint density at radius 1 is 1.15 bits per heavy atom. The van der Waals surface area contributed by atoms with Gasteiger partial charge in [-0.05, 0) is 30.7 Å². The van der Waals surface area contributed by atoms with Gasteiger partial charge in [0.2, 0.25) is 15.9 Å². The van der Waals surface area contributed by atoms with Gasteiger partial charge >= 0.3 is 0 Å². The zero-order valence-corrected chi connectivity index (χ0v) is 16.0. The van der Waals surface area contributed by atoms with E-state index in [0.717, 1.165) is 16.1 Å². The molecule has 1 aliphatic heterocycles. The molecule has 0 unspecified atom stereocenters. The fraction of sp³-hybridized carbons (Fsp3) is 0.316.